The second-order valence-corrected chi connectivity index (χ2v) is 3.76. The first-order chi connectivity index (χ1) is 7.19. The summed E-state index contributed by atoms with van der Waals surface area (Å²) in [5, 5.41) is 0. The zero-order valence-electron chi connectivity index (χ0n) is 9.37. The number of alkyl halides is 1. The van der Waals surface area contributed by atoms with E-state index in [2.05, 4.69) is 0 Å². The largest absolute Gasteiger partial charge is 0.466 e. The fourth-order valence-corrected chi connectivity index (χ4v) is 1.98. The van der Waals surface area contributed by atoms with Crippen LogP contribution >= 0.6 is 0 Å². The molecule has 0 aliphatic heterocycles. The van der Waals surface area contributed by atoms with Crippen molar-refractivity contribution in [3.8, 4) is 0 Å². The van der Waals surface area contributed by atoms with Crippen LogP contribution in [-0.4, -0.2) is 31.5 Å². The number of hydrogen-bond donors (Lipinski definition) is 0. The average molecular weight is 218 g/mol. The lowest BCUT2D eigenvalue weighted by Gasteiger charge is -2.29. The van der Waals surface area contributed by atoms with Gasteiger partial charge in [-0.25, -0.2) is 4.39 Å². The minimum absolute atomic E-state index is 0.0318. The molecular formula is C11H19FO3. The highest BCUT2D eigenvalue weighted by molar-refractivity contribution is 5.73. The van der Waals surface area contributed by atoms with Crippen LogP contribution in [0.25, 0.3) is 0 Å². The van der Waals surface area contributed by atoms with Crippen molar-refractivity contribution in [3.05, 3.63) is 0 Å². The van der Waals surface area contributed by atoms with Crippen molar-refractivity contribution in [3.63, 3.8) is 0 Å². The monoisotopic (exact) mass is 218 g/mol. The molecule has 0 aromatic rings. The number of carbonyl (C=O) groups is 1. The van der Waals surface area contributed by atoms with Gasteiger partial charge in [-0.2, -0.15) is 0 Å². The highest BCUT2D eigenvalue weighted by Gasteiger charge is 2.36. The molecule has 1 fully saturated rings. The summed E-state index contributed by atoms with van der Waals surface area (Å²) in [7, 11) is 0. The van der Waals surface area contributed by atoms with Crippen molar-refractivity contribution < 1.29 is 18.7 Å². The Hall–Kier alpha value is -0.640. The molecule has 1 rings (SSSR count). The molecule has 3 unspecified atom stereocenters. The van der Waals surface area contributed by atoms with Crippen molar-refractivity contribution in [1.29, 1.82) is 0 Å². The molecule has 0 bridgehead atoms. The molecule has 0 N–H and O–H groups in total. The van der Waals surface area contributed by atoms with Crippen LogP contribution in [0.5, 0.6) is 0 Å². The molecule has 1 saturated carbocycles. The van der Waals surface area contributed by atoms with Crippen LogP contribution in [0.1, 0.15) is 33.1 Å². The van der Waals surface area contributed by atoms with Gasteiger partial charge in [0.15, 0.2) is 0 Å². The van der Waals surface area contributed by atoms with Gasteiger partial charge in [0.2, 0.25) is 0 Å². The van der Waals surface area contributed by atoms with E-state index in [9.17, 15) is 9.18 Å². The minimum atomic E-state index is -1.12. The van der Waals surface area contributed by atoms with Crippen LogP contribution in [0, 0.1) is 5.92 Å². The first-order valence-corrected chi connectivity index (χ1v) is 5.61. The average Bonchev–Trinajstić information content (AvgIpc) is 2.18. The van der Waals surface area contributed by atoms with Crippen LogP contribution in [-0.2, 0) is 14.3 Å². The predicted octanol–water partition coefficient (Wildman–Crippen LogP) is 2.09. The van der Waals surface area contributed by atoms with Crippen molar-refractivity contribution >= 4 is 5.97 Å². The van der Waals surface area contributed by atoms with E-state index in [4.69, 9.17) is 9.47 Å². The van der Waals surface area contributed by atoms with Crippen molar-refractivity contribution in [2.24, 2.45) is 5.92 Å². The maximum atomic E-state index is 13.6. The van der Waals surface area contributed by atoms with E-state index in [1.165, 1.54) is 0 Å². The third-order valence-electron chi connectivity index (χ3n) is 2.72. The topological polar surface area (TPSA) is 35.5 Å². The second-order valence-electron chi connectivity index (χ2n) is 3.76. The minimum Gasteiger partial charge on any atom is -0.466 e. The Labute approximate surface area is 89.9 Å². The molecule has 0 saturated heterocycles. The SMILES string of the molecule is CCOC(=O)C1CCC(OCC)CC1F. The Morgan fingerprint density at radius 2 is 2.07 bits per heavy atom. The van der Waals surface area contributed by atoms with Gasteiger partial charge in [-0.05, 0) is 26.7 Å². The first-order valence-electron chi connectivity index (χ1n) is 5.61. The third kappa shape index (κ3) is 3.45. The van der Waals surface area contributed by atoms with E-state index in [0.29, 0.717) is 26.1 Å². The Kier molecular flexibility index (Phi) is 5.02. The number of hydrogen-bond acceptors (Lipinski definition) is 3. The molecule has 1 aliphatic carbocycles. The van der Waals surface area contributed by atoms with E-state index in [-0.39, 0.29) is 6.10 Å². The Balaban J connectivity index is 2.41. The fourth-order valence-electron chi connectivity index (χ4n) is 1.98. The number of rotatable bonds is 4. The summed E-state index contributed by atoms with van der Waals surface area (Å²) < 4.78 is 23.8. The molecule has 0 radical (unpaired) electrons. The molecule has 0 heterocycles. The number of carbonyl (C=O) groups excluding carboxylic acids is 1. The standard InChI is InChI=1S/C11H19FO3/c1-3-14-8-5-6-9(10(12)7-8)11(13)15-4-2/h8-10H,3-7H2,1-2H3. The second kappa shape index (κ2) is 6.05. The van der Waals surface area contributed by atoms with Gasteiger partial charge in [0.05, 0.1) is 18.6 Å². The summed E-state index contributed by atoms with van der Waals surface area (Å²) in [6.45, 7) is 4.54. The smallest absolute Gasteiger partial charge is 0.311 e. The van der Waals surface area contributed by atoms with E-state index >= 15 is 0 Å². The van der Waals surface area contributed by atoms with E-state index in [1.54, 1.807) is 6.92 Å². The molecule has 4 heteroatoms. The summed E-state index contributed by atoms with van der Waals surface area (Å²) in [4.78, 5) is 11.4. The fraction of sp³-hybridized carbons (Fsp3) is 0.909. The molecule has 1 aliphatic rings. The quantitative estimate of drug-likeness (QED) is 0.678. The lowest BCUT2D eigenvalue weighted by Crippen LogP contribution is -2.36. The van der Waals surface area contributed by atoms with E-state index < -0.39 is 18.1 Å². The predicted molar refractivity (Wildman–Crippen MR) is 54.3 cm³/mol. The third-order valence-corrected chi connectivity index (χ3v) is 2.72. The molecule has 0 aromatic carbocycles. The van der Waals surface area contributed by atoms with Crippen LogP contribution in [0.2, 0.25) is 0 Å². The Morgan fingerprint density at radius 1 is 1.33 bits per heavy atom. The summed E-state index contributed by atoms with van der Waals surface area (Å²) >= 11 is 0. The Morgan fingerprint density at radius 3 is 2.60 bits per heavy atom. The first kappa shape index (κ1) is 12.4. The Bertz CT molecular complexity index is 208. The zero-order chi connectivity index (χ0) is 11.3. The van der Waals surface area contributed by atoms with Gasteiger partial charge in [0.25, 0.3) is 0 Å². The molecule has 0 amide bonds. The van der Waals surface area contributed by atoms with Crippen molar-refractivity contribution in [2.45, 2.75) is 45.4 Å². The van der Waals surface area contributed by atoms with Crippen LogP contribution in [0.15, 0.2) is 0 Å². The molecule has 88 valence electrons. The number of esters is 1. The number of halogens is 1. The highest BCUT2D eigenvalue weighted by Crippen LogP contribution is 2.29. The summed E-state index contributed by atoms with van der Waals surface area (Å²) in [5.41, 5.74) is 0. The van der Waals surface area contributed by atoms with Gasteiger partial charge in [0.1, 0.15) is 6.17 Å². The molecule has 15 heavy (non-hydrogen) atoms. The lowest BCUT2D eigenvalue weighted by atomic mass is 9.86. The van der Waals surface area contributed by atoms with Crippen LogP contribution in [0.3, 0.4) is 0 Å². The van der Waals surface area contributed by atoms with E-state index in [1.807, 2.05) is 6.92 Å². The molecular weight excluding hydrogens is 199 g/mol. The lowest BCUT2D eigenvalue weighted by molar-refractivity contribution is -0.153. The molecule has 0 aromatic heterocycles. The van der Waals surface area contributed by atoms with Crippen LogP contribution in [0.4, 0.5) is 4.39 Å². The summed E-state index contributed by atoms with van der Waals surface area (Å²) in [6, 6.07) is 0. The molecule has 3 atom stereocenters. The highest BCUT2D eigenvalue weighted by atomic mass is 19.1. The molecule has 3 nitrogen and oxygen atoms in total. The summed E-state index contributed by atoms with van der Waals surface area (Å²) in [5.74, 6) is -0.985. The zero-order valence-corrected chi connectivity index (χ0v) is 9.37. The summed E-state index contributed by atoms with van der Waals surface area (Å²) in [6.07, 6.45) is 0.449. The van der Waals surface area contributed by atoms with E-state index in [0.717, 1.165) is 6.42 Å². The van der Waals surface area contributed by atoms with Crippen molar-refractivity contribution in [2.75, 3.05) is 13.2 Å². The van der Waals surface area contributed by atoms with Gasteiger partial charge in [-0.1, -0.05) is 0 Å². The van der Waals surface area contributed by atoms with Gasteiger partial charge >= 0.3 is 5.97 Å². The van der Waals surface area contributed by atoms with Gasteiger partial charge < -0.3 is 9.47 Å². The normalized spacial score (nSPS) is 31.3. The van der Waals surface area contributed by atoms with Gasteiger partial charge in [0, 0.05) is 13.0 Å². The maximum Gasteiger partial charge on any atom is 0.311 e. The van der Waals surface area contributed by atoms with Crippen LogP contribution < -0.4 is 0 Å². The molecule has 0 spiro atoms. The number of ether oxygens (including phenoxy) is 2. The van der Waals surface area contributed by atoms with Crippen molar-refractivity contribution in [1.82, 2.24) is 0 Å². The van der Waals surface area contributed by atoms with Gasteiger partial charge in [-0.15, -0.1) is 0 Å². The maximum absolute atomic E-state index is 13.6. The van der Waals surface area contributed by atoms with Gasteiger partial charge in [-0.3, -0.25) is 4.79 Å².